The largest absolute Gasteiger partial charge is 0.496 e. The van der Waals surface area contributed by atoms with Gasteiger partial charge in [0.15, 0.2) is 0 Å². The highest BCUT2D eigenvalue weighted by Gasteiger charge is 2.17. The van der Waals surface area contributed by atoms with Crippen LogP contribution in [0.3, 0.4) is 0 Å². The van der Waals surface area contributed by atoms with Crippen LogP contribution in [-0.4, -0.2) is 47.2 Å². The van der Waals surface area contributed by atoms with Gasteiger partial charge in [-0.05, 0) is 36.1 Å². The van der Waals surface area contributed by atoms with E-state index >= 15 is 0 Å². The molecule has 1 aromatic heterocycles. The van der Waals surface area contributed by atoms with Crippen LogP contribution in [0.1, 0.15) is 34.5 Å². The third-order valence-corrected chi connectivity index (χ3v) is 6.39. The van der Waals surface area contributed by atoms with E-state index in [1.807, 2.05) is 24.3 Å². The maximum atomic E-state index is 12.5. The molecule has 1 saturated heterocycles. The Bertz CT molecular complexity index is 1010. The first kappa shape index (κ1) is 21.5. The Hall–Kier alpha value is -2.74. The maximum Gasteiger partial charge on any atom is 0.271 e. The molecule has 1 aliphatic heterocycles. The number of carbonyl (C=O) groups is 1. The zero-order valence-corrected chi connectivity index (χ0v) is 18.4. The summed E-state index contributed by atoms with van der Waals surface area (Å²) in [6.45, 7) is 3.22. The molecule has 1 fully saturated rings. The third-order valence-electron chi connectivity index (χ3n) is 5.51. The van der Waals surface area contributed by atoms with Gasteiger partial charge >= 0.3 is 0 Å². The zero-order chi connectivity index (χ0) is 21.6. The van der Waals surface area contributed by atoms with Crippen molar-refractivity contribution in [1.82, 2.24) is 15.2 Å². The summed E-state index contributed by atoms with van der Waals surface area (Å²) in [5.41, 5.74) is 3.58. The molecule has 2 heterocycles. The minimum absolute atomic E-state index is 0.147. The van der Waals surface area contributed by atoms with E-state index < -0.39 is 0 Å². The highest BCUT2D eigenvalue weighted by Crippen LogP contribution is 2.31. The van der Waals surface area contributed by atoms with Crippen molar-refractivity contribution < 1.29 is 14.6 Å². The highest BCUT2D eigenvalue weighted by molar-refractivity contribution is 7.13. The number of amides is 1. The summed E-state index contributed by atoms with van der Waals surface area (Å²) in [6.07, 6.45) is 1.55. The number of aliphatic hydroxyl groups excluding tert-OH is 1. The Morgan fingerprint density at radius 2 is 1.87 bits per heavy atom. The summed E-state index contributed by atoms with van der Waals surface area (Å²) in [6, 6.07) is 16.0. The van der Waals surface area contributed by atoms with E-state index in [-0.39, 0.29) is 12.0 Å². The van der Waals surface area contributed by atoms with Gasteiger partial charge in [0.1, 0.15) is 16.5 Å². The number of carbonyl (C=O) groups excluding carboxylic acids is 1. The molecule has 0 bridgehead atoms. The number of methoxy groups -OCH3 is 1. The Morgan fingerprint density at radius 3 is 2.61 bits per heavy atom. The first-order valence-electron chi connectivity index (χ1n) is 10.5. The molecule has 0 spiro atoms. The van der Waals surface area contributed by atoms with E-state index in [0.29, 0.717) is 12.2 Å². The summed E-state index contributed by atoms with van der Waals surface area (Å²) >= 11 is 1.43. The van der Waals surface area contributed by atoms with Gasteiger partial charge in [-0.15, -0.1) is 11.3 Å². The quantitative estimate of drug-likeness (QED) is 0.590. The van der Waals surface area contributed by atoms with Crippen molar-refractivity contribution in [3.63, 3.8) is 0 Å². The molecule has 4 rings (SSSR count). The van der Waals surface area contributed by atoms with Crippen molar-refractivity contribution >= 4 is 17.2 Å². The first-order chi connectivity index (χ1) is 15.1. The van der Waals surface area contributed by atoms with E-state index in [9.17, 15) is 9.90 Å². The van der Waals surface area contributed by atoms with Gasteiger partial charge < -0.3 is 15.2 Å². The molecule has 0 saturated carbocycles. The van der Waals surface area contributed by atoms with Gasteiger partial charge in [0.2, 0.25) is 0 Å². The number of aromatic nitrogens is 1. The topological polar surface area (TPSA) is 74.7 Å². The molecule has 0 atom stereocenters. The smallest absolute Gasteiger partial charge is 0.271 e. The lowest BCUT2D eigenvalue weighted by molar-refractivity contribution is 0.0792. The Balaban J connectivity index is 1.31. The van der Waals surface area contributed by atoms with Crippen LogP contribution in [-0.2, 0) is 13.1 Å². The number of benzene rings is 2. The number of para-hydroxylation sites is 1. The van der Waals surface area contributed by atoms with Crippen molar-refractivity contribution in [3.8, 4) is 16.3 Å². The number of ether oxygens (including phenoxy) is 1. The van der Waals surface area contributed by atoms with Crippen molar-refractivity contribution in [3.05, 3.63) is 70.7 Å². The van der Waals surface area contributed by atoms with Crippen molar-refractivity contribution in [2.24, 2.45) is 0 Å². The second-order valence-electron chi connectivity index (χ2n) is 7.74. The molecular formula is C24H27N3O3S. The summed E-state index contributed by atoms with van der Waals surface area (Å²) in [7, 11) is 1.63. The maximum absolute atomic E-state index is 12.5. The van der Waals surface area contributed by atoms with Crippen LogP contribution in [0.25, 0.3) is 10.6 Å². The fraction of sp³-hybridized carbons (Fsp3) is 0.333. The second-order valence-corrected chi connectivity index (χ2v) is 8.60. The summed E-state index contributed by atoms with van der Waals surface area (Å²) in [5.74, 6) is 0.554. The van der Waals surface area contributed by atoms with Crippen LogP contribution >= 0.6 is 11.3 Å². The van der Waals surface area contributed by atoms with Crippen LogP contribution in [0.5, 0.6) is 5.75 Å². The molecule has 2 N–H and O–H groups in total. The van der Waals surface area contributed by atoms with Crippen molar-refractivity contribution in [2.75, 3.05) is 20.2 Å². The van der Waals surface area contributed by atoms with E-state index in [4.69, 9.17) is 4.74 Å². The predicted octanol–water partition coefficient (Wildman–Crippen LogP) is 3.71. The van der Waals surface area contributed by atoms with Crippen molar-refractivity contribution in [2.45, 2.75) is 32.0 Å². The van der Waals surface area contributed by atoms with Crippen molar-refractivity contribution in [1.29, 1.82) is 0 Å². The average Bonchev–Trinajstić information content (AvgIpc) is 3.30. The minimum Gasteiger partial charge on any atom is -0.496 e. The van der Waals surface area contributed by atoms with Crippen LogP contribution in [0, 0.1) is 0 Å². The van der Waals surface area contributed by atoms with Crippen LogP contribution in [0.4, 0.5) is 0 Å². The Morgan fingerprint density at radius 1 is 1.16 bits per heavy atom. The molecule has 3 aromatic rings. The molecular weight excluding hydrogens is 410 g/mol. The Labute approximate surface area is 186 Å². The van der Waals surface area contributed by atoms with Gasteiger partial charge in [0.05, 0.1) is 18.8 Å². The van der Waals surface area contributed by atoms with E-state index in [0.717, 1.165) is 54.4 Å². The SMILES string of the molecule is COc1ccccc1-c1nc(C(=O)NCc2ccc(CN3CCC(O)CC3)cc2)cs1. The molecule has 0 unspecified atom stereocenters. The number of likely N-dealkylation sites (tertiary alicyclic amines) is 1. The summed E-state index contributed by atoms with van der Waals surface area (Å²) in [4.78, 5) is 19.4. The first-order valence-corrected chi connectivity index (χ1v) is 11.4. The summed E-state index contributed by atoms with van der Waals surface area (Å²) < 4.78 is 5.39. The monoisotopic (exact) mass is 437 g/mol. The standard InChI is InChI=1S/C24H27N3O3S/c1-30-22-5-3-2-4-20(22)24-26-21(16-31-24)23(29)25-14-17-6-8-18(9-7-17)15-27-12-10-19(28)11-13-27/h2-9,16,19,28H,10-15H2,1H3,(H,25,29). The van der Waals surface area contributed by atoms with Crippen LogP contribution in [0.2, 0.25) is 0 Å². The van der Waals surface area contributed by atoms with Gasteiger partial charge in [-0.25, -0.2) is 4.98 Å². The summed E-state index contributed by atoms with van der Waals surface area (Å²) in [5, 5.41) is 15.1. The van der Waals surface area contributed by atoms with E-state index in [1.54, 1.807) is 12.5 Å². The third kappa shape index (κ3) is 5.50. The lowest BCUT2D eigenvalue weighted by Crippen LogP contribution is -2.35. The van der Waals surface area contributed by atoms with Gasteiger partial charge in [-0.2, -0.15) is 0 Å². The van der Waals surface area contributed by atoms with Crippen LogP contribution < -0.4 is 10.1 Å². The minimum atomic E-state index is -0.187. The molecule has 31 heavy (non-hydrogen) atoms. The highest BCUT2D eigenvalue weighted by atomic mass is 32.1. The number of piperidine rings is 1. The second kappa shape index (κ2) is 10.0. The van der Waals surface area contributed by atoms with Gasteiger partial charge in [0.25, 0.3) is 5.91 Å². The van der Waals surface area contributed by atoms with E-state index in [1.165, 1.54) is 16.9 Å². The Kier molecular flexibility index (Phi) is 6.96. The van der Waals surface area contributed by atoms with Crippen LogP contribution in [0.15, 0.2) is 53.9 Å². The fourth-order valence-electron chi connectivity index (χ4n) is 3.69. The number of nitrogens with zero attached hydrogens (tertiary/aromatic N) is 2. The molecule has 162 valence electrons. The fourth-order valence-corrected chi connectivity index (χ4v) is 4.52. The van der Waals surface area contributed by atoms with Gasteiger partial charge in [-0.1, -0.05) is 36.4 Å². The number of nitrogens with one attached hydrogen (secondary N) is 1. The molecule has 1 aliphatic rings. The predicted molar refractivity (Wildman–Crippen MR) is 122 cm³/mol. The molecule has 0 radical (unpaired) electrons. The normalized spacial score (nSPS) is 15.0. The molecule has 6 nitrogen and oxygen atoms in total. The molecule has 0 aliphatic carbocycles. The molecule has 1 amide bonds. The van der Waals surface area contributed by atoms with Gasteiger partial charge in [-0.3, -0.25) is 9.69 Å². The average molecular weight is 438 g/mol. The van der Waals surface area contributed by atoms with E-state index in [2.05, 4.69) is 39.5 Å². The number of hydrogen-bond donors (Lipinski definition) is 2. The molecule has 7 heteroatoms. The zero-order valence-electron chi connectivity index (χ0n) is 17.6. The number of hydrogen-bond acceptors (Lipinski definition) is 6. The lowest BCUT2D eigenvalue weighted by atomic mass is 10.1. The number of thiazole rings is 1. The molecule has 2 aromatic carbocycles. The lowest BCUT2D eigenvalue weighted by Gasteiger charge is -2.29. The van der Waals surface area contributed by atoms with Gasteiger partial charge in [0, 0.05) is 31.6 Å². The number of rotatable bonds is 7. The number of aliphatic hydroxyl groups is 1.